The molecule has 0 radical (unpaired) electrons. The van der Waals surface area contributed by atoms with E-state index in [-0.39, 0.29) is 12.3 Å². The molecule has 0 amide bonds. The van der Waals surface area contributed by atoms with Crippen LogP contribution in [0.5, 0.6) is 0 Å². The summed E-state index contributed by atoms with van der Waals surface area (Å²) in [6.45, 7) is 3.84. The van der Waals surface area contributed by atoms with Crippen molar-refractivity contribution in [2.24, 2.45) is 0 Å². The van der Waals surface area contributed by atoms with Crippen LogP contribution in [0.2, 0.25) is 0 Å². The van der Waals surface area contributed by atoms with Gasteiger partial charge in [-0.2, -0.15) is 0 Å². The SMILES string of the molecule is Cc1cc(C)cc(COC(=O)c2cc(F)c(N)cc2F)c1. The third-order valence-corrected chi connectivity index (χ3v) is 2.96. The number of halogens is 2. The van der Waals surface area contributed by atoms with Crippen molar-refractivity contribution in [2.45, 2.75) is 20.5 Å². The fourth-order valence-electron chi connectivity index (χ4n) is 2.10. The summed E-state index contributed by atoms with van der Waals surface area (Å²) in [6.07, 6.45) is 0. The summed E-state index contributed by atoms with van der Waals surface area (Å²) in [5.74, 6) is -2.68. The molecule has 2 rings (SSSR count). The van der Waals surface area contributed by atoms with Crippen LogP contribution < -0.4 is 5.73 Å². The van der Waals surface area contributed by atoms with Crippen molar-refractivity contribution in [1.29, 1.82) is 0 Å². The first-order chi connectivity index (χ1) is 9.86. The summed E-state index contributed by atoms with van der Waals surface area (Å²) in [5.41, 5.74) is 7.26. The molecule has 0 saturated carbocycles. The van der Waals surface area contributed by atoms with E-state index >= 15 is 0 Å². The lowest BCUT2D eigenvalue weighted by Gasteiger charge is -2.08. The topological polar surface area (TPSA) is 52.3 Å². The van der Waals surface area contributed by atoms with E-state index in [0.717, 1.165) is 28.8 Å². The second-order valence-electron chi connectivity index (χ2n) is 4.93. The van der Waals surface area contributed by atoms with Crippen LogP contribution in [0.4, 0.5) is 14.5 Å². The van der Waals surface area contributed by atoms with Gasteiger partial charge in [0.1, 0.15) is 18.2 Å². The minimum absolute atomic E-state index is 0.00715. The second kappa shape index (κ2) is 5.91. The van der Waals surface area contributed by atoms with Gasteiger partial charge >= 0.3 is 5.97 Å². The fourth-order valence-corrected chi connectivity index (χ4v) is 2.10. The van der Waals surface area contributed by atoms with Crippen LogP contribution in [0.1, 0.15) is 27.0 Å². The highest BCUT2D eigenvalue weighted by molar-refractivity contribution is 5.90. The first-order valence-corrected chi connectivity index (χ1v) is 6.35. The number of carbonyl (C=O) groups excluding carboxylic acids is 1. The van der Waals surface area contributed by atoms with Crippen LogP contribution in [-0.4, -0.2) is 5.97 Å². The molecule has 110 valence electrons. The van der Waals surface area contributed by atoms with Crippen molar-refractivity contribution in [3.05, 3.63) is 64.2 Å². The van der Waals surface area contributed by atoms with Gasteiger partial charge in [-0.15, -0.1) is 0 Å². The maximum atomic E-state index is 13.6. The van der Waals surface area contributed by atoms with Crippen molar-refractivity contribution >= 4 is 11.7 Å². The normalized spacial score (nSPS) is 10.5. The molecule has 21 heavy (non-hydrogen) atoms. The van der Waals surface area contributed by atoms with Gasteiger partial charge < -0.3 is 10.5 Å². The molecule has 0 aliphatic rings. The molecular formula is C16H15F2NO2. The van der Waals surface area contributed by atoms with E-state index in [4.69, 9.17) is 10.5 Å². The van der Waals surface area contributed by atoms with Crippen molar-refractivity contribution in [1.82, 2.24) is 0 Å². The summed E-state index contributed by atoms with van der Waals surface area (Å²) in [6, 6.07) is 7.22. The standard InChI is InChI=1S/C16H15F2NO2/c1-9-3-10(2)5-11(4-9)8-21-16(20)12-6-14(18)15(19)7-13(12)17/h3-7H,8,19H2,1-2H3. The Hall–Kier alpha value is -2.43. The largest absolute Gasteiger partial charge is 0.457 e. The molecule has 0 spiro atoms. The van der Waals surface area contributed by atoms with Gasteiger partial charge in [0.15, 0.2) is 0 Å². The predicted octanol–water partition coefficient (Wildman–Crippen LogP) is 3.52. The van der Waals surface area contributed by atoms with Gasteiger partial charge in [0, 0.05) is 6.07 Å². The highest BCUT2D eigenvalue weighted by atomic mass is 19.1. The molecule has 2 aromatic carbocycles. The van der Waals surface area contributed by atoms with Gasteiger partial charge in [0.2, 0.25) is 0 Å². The van der Waals surface area contributed by atoms with E-state index < -0.39 is 23.2 Å². The first-order valence-electron chi connectivity index (χ1n) is 6.35. The molecule has 0 aliphatic heterocycles. The maximum absolute atomic E-state index is 13.6. The molecule has 0 saturated heterocycles. The number of ether oxygens (including phenoxy) is 1. The predicted molar refractivity (Wildman–Crippen MR) is 75.8 cm³/mol. The molecule has 0 unspecified atom stereocenters. The van der Waals surface area contributed by atoms with Crippen molar-refractivity contribution in [3.63, 3.8) is 0 Å². The highest BCUT2D eigenvalue weighted by Crippen LogP contribution is 2.18. The number of nitrogens with two attached hydrogens (primary N) is 1. The fraction of sp³-hybridized carbons (Fsp3) is 0.188. The Balaban J connectivity index is 2.13. The lowest BCUT2D eigenvalue weighted by atomic mass is 10.1. The van der Waals surface area contributed by atoms with Crippen molar-refractivity contribution in [2.75, 3.05) is 5.73 Å². The van der Waals surface area contributed by atoms with Gasteiger partial charge in [-0.25, -0.2) is 13.6 Å². The average molecular weight is 291 g/mol. The van der Waals surface area contributed by atoms with E-state index in [1.54, 1.807) is 0 Å². The molecule has 0 aromatic heterocycles. The van der Waals surface area contributed by atoms with E-state index in [1.165, 1.54) is 0 Å². The minimum atomic E-state index is -0.925. The van der Waals surface area contributed by atoms with Crippen LogP contribution in [0.15, 0.2) is 30.3 Å². The Morgan fingerprint density at radius 3 is 2.29 bits per heavy atom. The summed E-state index contributed by atoms with van der Waals surface area (Å²) in [7, 11) is 0. The van der Waals surface area contributed by atoms with Crippen LogP contribution in [0, 0.1) is 25.5 Å². The van der Waals surface area contributed by atoms with Gasteiger partial charge in [0.05, 0.1) is 11.3 Å². The van der Waals surface area contributed by atoms with Crippen LogP contribution in [0.25, 0.3) is 0 Å². The van der Waals surface area contributed by atoms with Gasteiger partial charge in [-0.1, -0.05) is 29.3 Å². The highest BCUT2D eigenvalue weighted by Gasteiger charge is 2.16. The van der Waals surface area contributed by atoms with E-state index in [9.17, 15) is 13.6 Å². The zero-order chi connectivity index (χ0) is 15.6. The number of hydrogen-bond donors (Lipinski definition) is 1. The van der Waals surface area contributed by atoms with E-state index in [1.807, 2.05) is 32.0 Å². The Morgan fingerprint density at radius 1 is 1.05 bits per heavy atom. The lowest BCUT2D eigenvalue weighted by Crippen LogP contribution is -2.09. The third kappa shape index (κ3) is 3.56. The number of aryl methyl sites for hydroxylation is 2. The van der Waals surface area contributed by atoms with E-state index in [0.29, 0.717) is 0 Å². The molecule has 3 nitrogen and oxygen atoms in total. The summed E-state index contributed by atoms with van der Waals surface area (Å²) in [4.78, 5) is 11.8. The molecule has 0 fully saturated rings. The number of carbonyl (C=O) groups is 1. The third-order valence-electron chi connectivity index (χ3n) is 2.96. The van der Waals surface area contributed by atoms with Crippen molar-refractivity contribution < 1.29 is 18.3 Å². The van der Waals surface area contributed by atoms with Crippen molar-refractivity contribution in [3.8, 4) is 0 Å². The Labute approximate surface area is 121 Å². The summed E-state index contributed by atoms with van der Waals surface area (Å²) < 4.78 is 31.9. The van der Waals surface area contributed by atoms with E-state index in [2.05, 4.69) is 0 Å². The van der Waals surface area contributed by atoms with Crippen LogP contribution >= 0.6 is 0 Å². The molecule has 0 atom stereocenters. The lowest BCUT2D eigenvalue weighted by molar-refractivity contribution is 0.0466. The monoisotopic (exact) mass is 291 g/mol. The average Bonchev–Trinajstić information content (AvgIpc) is 2.39. The molecule has 0 heterocycles. The van der Waals surface area contributed by atoms with Gasteiger partial charge in [-0.3, -0.25) is 0 Å². The molecule has 2 N–H and O–H groups in total. The summed E-state index contributed by atoms with van der Waals surface area (Å²) >= 11 is 0. The quantitative estimate of drug-likeness (QED) is 0.695. The zero-order valence-corrected chi connectivity index (χ0v) is 11.7. The van der Waals surface area contributed by atoms with Gasteiger partial charge in [-0.05, 0) is 25.5 Å². The number of nitrogen functional groups attached to an aromatic ring is 1. The van der Waals surface area contributed by atoms with Gasteiger partial charge in [0.25, 0.3) is 0 Å². The molecule has 0 bridgehead atoms. The minimum Gasteiger partial charge on any atom is -0.457 e. The Morgan fingerprint density at radius 2 is 1.67 bits per heavy atom. The maximum Gasteiger partial charge on any atom is 0.341 e. The molecule has 2 aromatic rings. The Bertz CT molecular complexity index is 679. The summed E-state index contributed by atoms with van der Waals surface area (Å²) in [5, 5.41) is 0. The van der Waals surface area contributed by atoms with Crippen LogP contribution in [0.3, 0.4) is 0 Å². The number of esters is 1. The molecule has 0 aliphatic carbocycles. The van der Waals surface area contributed by atoms with Crippen LogP contribution in [-0.2, 0) is 11.3 Å². The smallest absolute Gasteiger partial charge is 0.341 e. The zero-order valence-electron chi connectivity index (χ0n) is 11.7. The molecule has 5 heteroatoms. The Kier molecular flexibility index (Phi) is 4.21. The second-order valence-corrected chi connectivity index (χ2v) is 4.93. The number of anilines is 1. The number of rotatable bonds is 3. The first kappa shape index (κ1) is 15.0. The number of benzene rings is 2. The number of hydrogen-bond acceptors (Lipinski definition) is 3. The molecular weight excluding hydrogens is 276 g/mol.